The van der Waals surface area contributed by atoms with Crippen molar-refractivity contribution in [3.05, 3.63) is 17.7 Å². The lowest BCUT2D eigenvalue weighted by Gasteiger charge is -2.04. The predicted molar refractivity (Wildman–Crippen MR) is 47.9 cm³/mol. The van der Waals surface area contributed by atoms with Crippen LogP contribution in [0.2, 0.25) is 0 Å². The number of rotatable bonds is 1. The van der Waals surface area contributed by atoms with Crippen molar-refractivity contribution in [2.75, 3.05) is 6.54 Å². The number of imidazole rings is 1. The van der Waals surface area contributed by atoms with Crippen molar-refractivity contribution in [3.63, 3.8) is 0 Å². The van der Waals surface area contributed by atoms with E-state index in [1.807, 2.05) is 14.0 Å². The highest BCUT2D eigenvalue weighted by molar-refractivity contribution is 5.09. The topological polar surface area (TPSA) is 29.9 Å². The molecule has 0 radical (unpaired) electrons. The van der Waals surface area contributed by atoms with Crippen LogP contribution in [0.15, 0.2) is 6.20 Å². The summed E-state index contributed by atoms with van der Waals surface area (Å²) in [6.07, 6.45) is 4.63. The van der Waals surface area contributed by atoms with E-state index in [1.165, 1.54) is 18.5 Å². The van der Waals surface area contributed by atoms with Gasteiger partial charge in [-0.15, -0.1) is 0 Å². The van der Waals surface area contributed by atoms with E-state index in [4.69, 9.17) is 0 Å². The van der Waals surface area contributed by atoms with Crippen LogP contribution in [-0.4, -0.2) is 16.1 Å². The third-order valence-electron chi connectivity index (χ3n) is 2.54. The normalized spacial score (nSPS) is 23.3. The maximum Gasteiger partial charge on any atom is 0.105 e. The van der Waals surface area contributed by atoms with Crippen LogP contribution in [0.5, 0.6) is 0 Å². The first kappa shape index (κ1) is 7.80. The van der Waals surface area contributed by atoms with E-state index in [0.29, 0.717) is 6.04 Å². The fourth-order valence-electron chi connectivity index (χ4n) is 1.69. The summed E-state index contributed by atoms with van der Waals surface area (Å²) >= 11 is 0. The molecule has 1 saturated heterocycles. The predicted octanol–water partition coefficient (Wildman–Crippen LogP) is 1.15. The van der Waals surface area contributed by atoms with E-state index in [2.05, 4.69) is 21.1 Å². The highest BCUT2D eigenvalue weighted by Gasteiger charge is 2.18. The van der Waals surface area contributed by atoms with E-state index in [0.717, 1.165) is 12.4 Å². The average Bonchev–Trinajstić information content (AvgIpc) is 2.61. The van der Waals surface area contributed by atoms with Gasteiger partial charge < -0.3 is 9.88 Å². The van der Waals surface area contributed by atoms with Crippen LogP contribution in [0.1, 0.15) is 30.4 Å². The van der Waals surface area contributed by atoms with Crippen LogP contribution >= 0.6 is 0 Å². The molecule has 1 aromatic heterocycles. The Kier molecular flexibility index (Phi) is 1.89. The molecule has 2 heterocycles. The maximum atomic E-state index is 4.49. The molecule has 1 fully saturated rings. The van der Waals surface area contributed by atoms with E-state index in [1.54, 1.807) is 0 Å². The fourth-order valence-corrected chi connectivity index (χ4v) is 1.69. The minimum absolute atomic E-state index is 0.505. The van der Waals surface area contributed by atoms with Gasteiger partial charge in [-0.3, -0.25) is 0 Å². The Morgan fingerprint density at radius 1 is 1.67 bits per heavy atom. The molecule has 0 amide bonds. The number of aromatic nitrogens is 2. The first-order chi connectivity index (χ1) is 5.77. The summed E-state index contributed by atoms with van der Waals surface area (Å²) in [6, 6.07) is 0.505. The van der Waals surface area contributed by atoms with E-state index in [9.17, 15) is 0 Å². The van der Waals surface area contributed by atoms with Gasteiger partial charge in [-0.1, -0.05) is 0 Å². The minimum atomic E-state index is 0.505. The summed E-state index contributed by atoms with van der Waals surface area (Å²) in [5.41, 5.74) is 1.20. The van der Waals surface area contributed by atoms with Crippen LogP contribution in [0, 0.1) is 6.92 Å². The third-order valence-corrected chi connectivity index (χ3v) is 2.54. The molecule has 3 heteroatoms. The SMILES string of the molecule is Cc1nc(C2CCCN2)cn1C. The van der Waals surface area contributed by atoms with Crippen molar-refractivity contribution in [2.24, 2.45) is 7.05 Å². The Morgan fingerprint density at radius 2 is 2.50 bits per heavy atom. The molecule has 12 heavy (non-hydrogen) atoms. The molecule has 1 aromatic rings. The zero-order valence-electron chi connectivity index (χ0n) is 7.67. The van der Waals surface area contributed by atoms with Crippen molar-refractivity contribution in [3.8, 4) is 0 Å². The highest BCUT2D eigenvalue weighted by atomic mass is 15.1. The van der Waals surface area contributed by atoms with Crippen molar-refractivity contribution in [1.29, 1.82) is 0 Å². The Hall–Kier alpha value is -0.830. The molecule has 1 N–H and O–H groups in total. The molecular weight excluding hydrogens is 150 g/mol. The second kappa shape index (κ2) is 2.90. The molecule has 0 spiro atoms. The van der Waals surface area contributed by atoms with Gasteiger partial charge in [-0.2, -0.15) is 0 Å². The number of nitrogens with zero attached hydrogens (tertiary/aromatic N) is 2. The maximum absolute atomic E-state index is 4.49. The van der Waals surface area contributed by atoms with Crippen LogP contribution in [0.25, 0.3) is 0 Å². The molecule has 66 valence electrons. The molecule has 0 bridgehead atoms. The van der Waals surface area contributed by atoms with Gasteiger partial charge in [0.25, 0.3) is 0 Å². The number of nitrogens with one attached hydrogen (secondary N) is 1. The number of hydrogen-bond donors (Lipinski definition) is 1. The van der Waals surface area contributed by atoms with Gasteiger partial charge in [0.1, 0.15) is 5.82 Å². The number of aryl methyl sites for hydroxylation is 2. The molecule has 0 saturated carbocycles. The second-order valence-corrected chi connectivity index (χ2v) is 3.47. The third kappa shape index (κ3) is 1.25. The molecule has 2 rings (SSSR count). The largest absolute Gasteiger partial charge is 0.338 e. The van der Waals surface area contributed by atoms with Gasteiger partial charge in [-0.25, -0.2) is 4.98 Å². The highest BCUT2D eigenvalue weighted by Crippen LogP contribution is 2.21. The van der Waals surface area contributed by atoms with E-state index >= 15 is 0 Å². The van der Waals surface area contributed by atoms with Gasteiger partial charge in [0.05, 0.1) is 11.7 Å². The Balaban J connectivity index is 2.21. The first-order valence-electron chi connectivity index (χ1n) is 4.50. The molecule has 1 aliphatic heterocycles. The lowest BCUT2D eigenvalue weighted by molar-refractivity contribution is 0.630. The summed E-state index contributed by atoms with van der Waals surface area (Å²) in [5.74, 6) is 1.10. The minimum Gasteiger partial charge on any atom is -0.338 e. The van der Waals surface area contributed by atoms with Gasteiger partial charge in [0.2, 0.25) is 0 Å². The smallest absolute Gasteiger partial charge is 0.105 e. The number of hydrogen-bond acceptors (Lipinski definition) is 2. The zero-order chi connectivity index (χ0) is 8.55. The quantitative estimate of drug-likeness (QED) is 0.676. The summed E-state index contributed by atoms with van der Waals surface area (Å²) in [5, 5.41) is 3.44. The molecular formula is C9H15N3. The molecule has 0 aliphatic carbocycles. The van der Waals surface area contributed by atoms with E-state index in [-0.39, 0.29) is 0 Å². The molecule has 1 unspecified atom stereocenters. The molecule has 3 nitrogen and oxygen atoms in total. The second-order valence-electron chi connectivity index (χ2n) is 3.47. The molecule has 1 aliphatic rings. The van der Waals surface area contributed by atoms with E-state index < -0.39 is 0 Å². The Labute approximate surface area is 72.8 Å². The summed E-state index contributed by atoms with van der Waals surface area (Å²) in [6.45, 7) is 3.18. The molecule has 0 aromatic carbocycles. The summed E-state index contributed by atoms with van der Waals surface area (Å²) in [4.78, 5) is 4.49. The van der Waals surface area contributed by atoms with Crippen LogP contribution in [-0.2, 0) is 7.05 Å². The van der Waals surface area contributed by atoms with Crippen LogP contribution in [0.3, 0.4) is 0 Å². The lowest BCUT2D eigenvalue weighted by atomic mass is 10.2. The van der Waals surface area contributed by atoms with Gasteiger partial charge in [0.15, 0.2) is 0 Å². The van der Waals surface area contributed by atoms with Crippen LogP contribution < -0.4 is 5.32 Å². The Morgan fingerprint density at radius 3 is 3.00 bits per heavy atom. The summed E-state index contributed by atoms with van der Waals surface area (Å²) < 4.78 is 2.08. The van der Waals surface area contributed by atoms with Crippen molar-refractivity contribution in [2.45, 2.75) is 25.8 Å². The van der Waals surface area contributed by atoms with Gasteiger partial charge in [0, 0.05) is 13.2 Å². The molecule has 1 atom stereocenters. The first-order valence-corrected chi connectivity index (χ1v) is 4.50. The van der Waals surface area contributed by atoms with Crippen molar-refractivity contribution >= 4 is 0 Å². The van der Waals surface area contributed by atoms with Gasteiger partial charge in [-0.05, 0) is 26.3 Å². The zero-order valence-corrected chi connectivity index (χ0v) is 7.67. The standard InChI is InChI=1S/C9H15N3/c1-7-11-9(6-12(7)2)8-4-3-5-10-8/h6,8,10H,3-5H2,1-2H3. The average molecular weight is 165 g/mol. The fraction of sp³-hybridized carbons (Fsp3) is 0.667. The van der Waals surface area contributed by atoms with Crippen LogP contribution in [0.4, 0.5) is 0 Å². The van der Waals surface area contributed by atoms with Gasteiger partial charge >= 0.3 is 0 Å². The lowest BCUT2D eigenvalue weighted by Crippen LogP contribution is -2.13. The van der Waals surface area contributed by atoms with Crippen molar-refractivity contribution in [1.82, 2.24) is 14.9 Å². The summed E-state index contributed by atoms with van der Waals surface area (Å²) in [7, 11) is 2.04. The van der Waals surface area contributed by atoms with Crippen molar-refractivity contribution < 1.29 is 0 Å². The Bertz CT molecular complexity index is 252. The monoisotopic (exact) mass is 165 g/mol.